The number of nitro groups is 1. The van der Waals surface area contributed by atoms with Crippen molar-refractivity contribution in [3.05, 3.63) is 40.1 Å². The topological polar surface area (TPSA) is 136 Å². The van der Waals surface area contributed by atoms with E-state index in [9.17, 15) is 14.9 Å². The summed E-state index contributed by atoms with van der Waals surface area (Å²) in [4.78, 5) is 26.0. The molecule has 1 aliphatic heterocycles. The monoisotopic (exact) mass is 370 g/mol. The Kier molecular flexibility index (Phi) is 6.55. The van der Waals surface area contributed by atoms with Crippen LogP contribution in [0.5, 0.6) is 0 Å². The van der Waals surface area contributed by atoms with Crippen molar-refractivity contribution in [3.8, 4) is 12.1 Å². The Morgan fingerprint density at radius 3 is 2.56 bits per heavy atom. The van der Waals surface area contributed by atoms with Gasteiger partial charge in [-0.3, -0.25) is 10.1 Å². The molecule has 1 aromatic carbocycles. The van der Waals surface area contributed by atoms with E-state index in [2.05, 4.69) is 5.32 Å². The van der Waals surface area contributed by atoms with E-state index in [0.717, 1.165) is 11.9 Å². The van der Waals surface area contributed by atoms with Gasteiger partial charge in [-0.2, -0.15) is 10.5 Å². The van der Waals surface area contributed by atoms with Crippen molar-refractivity contribution in [3.63, 3.8) is 0 Å². The number of anilines is 2. The summed E-state index contributed by atoms with van der Waals surface area (Å²) in [7, 11) is 0. The lowest BCUT2D eigenvalue weighted by Crippen LogP contribution is -2.49. The summed E-state index contributed by atoms with van der Waals surface area (Å²) in [6.07, 6.45) is 0.777. The molecule has 1 fully saturated rings. The van der Waals surface area contributed by atoms with Crippen LogP contribution in [0.15, 0.2) is 30.0 Å². The van der Waals surface area contributed by atoms with Gasteiger partial charge < -0.3 is 19.9 Å². The molecule has 0 aliphatic carbocycles. The van der Waals surface area contributed by atoms with Crippen molar-refractivity contribution in [2.24, 2.45) is 0 Å². The molecule has 10 heteroatoms. The van der Waals surface area contributed by atoms with Gasteiger partial charge in [-0.1, -0.05) is 0 Å². The number of rotatable bonds is 5. The van der Waals surface area contributed by atoms with Gasteiger partial charge in [0.15, 0.2) is 0 Å². The first-order chi connectivity index (χ1) is 13.0. The van der Waals surface area contributed by atoms with Gasteiger partial charge in [-0.25, -0.2) is 4.79 Å². The fourth-order valence-electron chi connectivity index (χ4n) is 2.60. The van der Waals surface area contributed by atoms with Crippen molar-refractivity contribution in [1.82, 2.24) is 4.90 Å². The smallest absolute Gasteiger partial charge is 0.409 e. The number of hydrogen-bond donors (Lipinski definition) is 1. The number of nitro benzene ring substituents is 1. The van der Waals surface area contributed by atoms with Crippen LogP contribution in [0.25, 0.3) is 0 Å². The Bertz CT molecular complexity index is 815. The van der Waals surface area contributed by atoms with E-state index in [1.807, 2.05) is 4.90 Å². The van der Waals surface area contributed by atoms with E-state index in [1.54, 1.807) is 36.1 Å². The number of amides is 1. The average Bonchev–Trinajstić information content (AvgIpc) is 2.68. The first-order valence-corrected chi connectivity index (χ1v) is 8.22. The van der Waals surface area contributed by atoms with Crippen LogP contribution in [0, 0.1) is 32.8 Å². The van der Waals surface area contributed by atoms with Crippen LogP contribution < -0.4 is 10.2 Å². The van der Waals surface area contributed by atoms with Crippen LogP contribution in [-0.2, 0) is 4.74 Å². The Balaban J connectivity index is 2.17. The molecule has 1 amide bonds. The molecule has 1 aromatic rings. The highest BCUT2D eigenvalue weighted by atomic mass is 16.6. The molecule has 140 valence electrons. The van der Waals surface area contributed by atoms with E-state index in [-0.39, 0.29) is 23.0 Å². The number of nitriles is 2. The number of nitrogens with one attached hydrogen (secondary N) is 1. The van der Waals surface area contributed by atoms with Crippen molar-refractivity contribution < 1.29 is 14.5 Å². The number of allylic oxidation sites excluding steroid dienone is 1. The molecule has 2 rings (SSSR count). The predicted molar refractivity (Wildman–Crippen MR) is 96.8 cm³/mol. The molecule has 0 unspecified atom stereocenters. The molecule has 0 spiro atoms. The van der Waals surface area contributed by atoms with Crippen LogP contribution in [0.2, 0.25) is 0 Å². The minimum atomic E-state index is -0.545. The maximum absolute atomic E-state index is 11.8. The molecule has 1 heterocycles. The third-order valence-corrected chi connectivity index (χ3v) is 3.96. The number of carbonyl (C=O) groups excluding carboxylic acids is 1. The van der Waals surface area contributed by atoms with Crippen LogP contribution in [0.3, 0.4) is 0 Å². The van der Waals surface area contributed by atoms with Crippen molar-refractivity contribution in [1.29, 1.82) is 10.5 Å². The zero-order chi connectivity index (χ0) is 19.8. The summed E-state index contributed by atoms with van der Waals surface area (Å²) >= 11 is 0. The van der Waals surface area contributed by atoms with Gasteiger partial charge in [-0.05, 0) is 19.1 Å². The Hall–Kier alpha value is -3.79. The molecule has 10 nitrogen and oxygen atoms in total. The average molecular weight is 370 g/mol. The molecule has 1 aliphatic rings. The maximum atomic E-state index is 11.8. The largest absolute Gasteiger partial charge is 0.450 e. The van der Waals surface area contributed by atoms with Gasteiger partial charge in [0, 0.05) is 44.1 Å². The number of nitrogens with zero attached hydrogens (tertiary/aromatic N) is 5. The number of ether oxygens (including phenoxy) is 1. The summed E-state index contributed by atoms with van der Waals surface area (Å²) in [5, 5.41) is 31.4. The zero-order valence-electron chi connectivity index (χ0n) is 14.7. The van der Waals surface area contributed by atoms with E-state index >= 15 is 0 Å². The standard InChI is InChI=1S/C17H18N6O4/c1-2-27-17(24)22-7-5-21(6-8-22)14-3-4-16(23(25)26)15(9-14)20-12-13(10-18)11-19/h3-4,9,12,20H,2,5-8H2,1H3. The molecule has 0 aromatic heterocycles. The van der Waals surface area contributed by atoms with Crippen molar-refractivity contribution >= 4 is 23.2 Å². The fourth-order valence-corrected chi connectivity index (χ4v) is 2.60. The minimum Gasteiger partial charge on any atom is -0.450 e. The maximum Gasteiger partial charge on any atom is 0.409 e. The number of hydrogen-bond acceptors (Lipinski definition) is 8. The Labute approximate surface area is 156 Å². The number of benzene rings is 1. The molecule has 1 N–H and O–H groups in total. The summed E-state index contributed by atoms with van der Waals surface area (Å²) in [5.74, 6) is 0. The third kappa shape index (κ3) is 4.86. The lowest BCUT2D eigenvalue weighted by Gasteiger charge is -2.35. The predicted octanol–water partition coefficient (Wildman–Crippen LogP) is 2.22. The highest BCUT2D eigenvalue weighted by Gasteiger charge is 2.23. The van der Waals surface area contributed by atoms with Crippen LogP contribution in [0.4, 0.5) is 21.9 Å². The third-order valence-electron chi connectivity index (χ3n) is 3.96. The molecular weight excluding hydrogens is 352 g/mol. The second kappa shape index (κ2) is 9.06. The quantitative estimate of drug-likeness (QED) is 0.473. The van der Waals surface area contributed by atoms with Gasteiger partial charge in [0.1, 0.15) is 23.4 Å². The normalized spacial score (nSPS) is 13.1. The first kappa shape index (κ1) is 19.5. The summed E-state index contributed by atoms with van der Waals surface area (Å²) < 4.78 is 4.98. The van der Waals surface area contributed by atoms with Gasteiger partial charge in [0.25, 0.3) is 5.69 Å². The van der Waals surface area contributed by atoms with E-state index in [0.29, 0.717) is 32.8 Å². The Morgan fingerprint density at radius 2 is 2.00 bits per heavy atom. The van der Waals surface area contributed by atoms with E-state index in [1.165, 1.54) is 6.07 Å². The molecule has 1 saturated heterocycles. The van der Waals surface area contributed by atoms with Crippen LogP contribution in [0.1, 0.15) is 6.92 Å². The molecule has 27 heavy (non-hydrogen) atoms. The van der Waals surface area contributed by atoms with E-state index < -0.39 is 4.92 Å². The molecule has 0 bridgehead atoms. The van der Waals surface area contributed by atoms with Crippen molar-refractivity contribution in [2.45, 2.75) is 6.92 Å². The van der Waals surface area contributed by atoms with Gasteiger partial charge >= 0.3 is 6.09 Å². The second-order valence-electron chi connectivity index (χ2n) is 5.56. The molecule has 0 saturated carbocycles. The number of carbonyl (C=O) groups is 1. The molecular formula is C17H18N6O4. The highest BCUT2D eigenvalue weighted by Crippen LogP contribution is 2.30. The van der Waals surface area contributed by atoms with Crippen LogP contribution in [-0.4, -0.2) is 48.7 Å². The fraction of sp³-hybridized carbons (Fsp3) is 0.353. The molecule has 0 atom stereocenters. The van der Waals surface area contributed by atoms with Crippen molar-refractivity contribution in [2.75, 3.05) is 43.0 Å². The zero-order valence-corrected chi connectivity index (χ0v) is 14.7. The van der Waals surface area contributed by atoms with Gasteiger partial charge in [0.2, 0.25) is 0 Å². The SMILES string of the molecule is CCOC(=O)N1CCN(c2ccc([N+](=O)[O-])c(NC=C(C#N)C#N)c2)CC1. The summed E-state index contributed by atoms with van der Waals surface area (Å²) in [6.45, 7) is 4.12. The lowest BCUT2D eigenvalue weighted by molar-refractivity contribution is -0.383. The first-order valence-electron chi connectivity index (χ1n) is 8.22. The second-order valence-corrected chi connectivity index (χ2v) is 5.56. The number of piperazine rings is 1. The Morgan fingerprint density at radius 1 is 1.33 bits per heavy atom. The molecule has 0 radical (unpaired) electrons. The lowest BCUT2D eigenvalue weighted by atomic mass is 10.2. The van der Waals surface area contributed by atoms with E-state index in [4.69, 9.17) is 15.3 Å². The van der Waals surface area contributed by atoms with Gasteiger partial charge in [-0.15, -0.1) is 0 Å². The van der Waals surface area contributed by atoms with Gasteiger partial charge in [0.05, 0.1) is 11.5 Å². The summed E-state index contributed by atoms with van der Waals surface area (Å²) in [6, 6.07) is 7.94. The minimum absolute atomic E-state index is 0.171. The summed E-state index contributed by atoms with van der Waals surface area (Å²) in [5.41, 5.74) is 0.539. The van der Waals surface area contributed by atoms with Crippen LogP contribution >= 0.6 is 0 Å². The highest BCUT2D eigenvalue weighted by molar-refractivity contribution is 5.71.